The van der Waals surface area contributed by atoms with E-state index in [4.69, 9.17) is 18.6 Å². The van der Waals surface area contributed by atoms with Crippen LogP contribution in [0.3, 0.4) is 0 Å². The molecule has 0 radical (unpaired) electrons. The van der Waals surface area contributed by atoms with Gasteiger partial charge in [-0.3, -0.25) is 0 Å². The second-order valence-electron chi connectivity index (χ2n) is 4.56. The molecule has 0 aliphatic heterocycles. The molecule has 116 valence electrons. The number of hydrogen-bond donors (Lipinski definition) is 1. The molecular formula is C16H23NO4. The maximum absolute atomic E-state index is 5.82. The summed E-state index contributed by atoms with van der Waals surface area (Å²) in [6.07, 6.45) is -0.223. The zero-order valence-corrected chi connectivity index (χ0v) is 12.8. The van der Waals surface area contributed by atoms with Gasteiger partial charge in [-0.25, -0.2) is 0 Å². The van der Waals surface area contributed by atoms with E-state index in [0.717, 1.165) is 22.5 Å². The molecule has 2 rings (SSSR count). The Hall–Kier alpha value is -1.56. The molecule has 1 heterocycles. The molecule has 0 atom stereocenters. The first-order valence-electron chi connectivity index (χ1n) is 7.27. The van der Waals surface area contributed by atoms with Gasteiger partial charge in [-0.1, -0.05) is 12.1 Å². The Morgan fingerprint density at radius 2 is 1.95 bits per heavy atom. The highest BCUT2D eigenvalue weighted by Gasteiger charge is 2.10. The van der Waals surface area contributed by atoms with Gasteiger partial charge in [0.2, 0.25) is 0 Å². The molecular weight excluding hydrogens is 270 g/mol. The number of fused-ring (bicyclic) bond motifs is 1. The van der Waals surface area contributed by atoms with Crippen LogP contribution in [0.5, 0.6) is 5.75 Å². The van der Waals surface area contributed by atoms with Crippen molar-refractivity contribution in [1.82, 2.24) is 5.32 Å². The van der Waals surface area contributed by atoms with Gasteiger partial charge in [-0.2, -0.15) is 0 Å². The number of benzene rings is 1. The fourth-order valence-electron chi connectivity index (χ4n) is 2.19. The van der Waals surface area contributed by atoms with Crippen LogP contribution >= 0.6 is 0 Å². The Kier molecular flexibility index (Phi) is 6.04. The average molecular weight is 293 g/mol. The first-order valence-corrected chi connectivity index (χ1v) is 7.27. The van der Waals surface area contributed by atoms with E-state index in [2.05, 4.69) is 5.32 Å². The first kappa shape index (κ1) is 15.8. The lowest BCUT2D eigenvalue weighted by Gasteiger charge is -2.16. The molecule has 1 N–H and O–H groups in total. The maximum Gasteiger partial charge on any atom is 0.176 e. The Bertz CT molecular complexity index is 546. The molecule has 0 aliphatic rings. The Labute approximate surface area is 125 Å². The van der Waals surface area contributed by atoms with Gasteiger partial charge in [0.05, 0.1) is 13.7 Å². The molecule has 0 amide bonds. The van der Waals surface area contributed by atoms with Crippen molar-refractivity contribution in [2.75, 3.05) is 26.9 Å². The smallest absolute Gasteiger partial charge is 0.176 e. The van der Waals surface area contributed by atoms with Gasteiger partial charge in [0, 0.05) is 25.1 Å². The van der Waals surface area contributed by atoms with Crippen molar-refractivity contribution < 1.29 is 18.6 Å². The molecule has 0 saturated heterocycles. The van der Waals surface area contributed by atoms with Gasteiger partial charge in [0.1, 0.15) is 5.76 Å². The highest BCUT2D eigenvalue weighted by molar-refractivity contribution is 5.83. The highest BCUT2D eigenvalue weighted by atomic mass is 16.7. The Balaban J connectivity index is 1.94. The summed E-state index contributed by atoms with van der Waals surface area (Å²) in [7, 11) is 1.64. The van der Waals surface area contributed by atoms with E-state index in [9.17, 15) is 0 Å². The minimum absolute atomic E-state index is 0.223. The molecule has 1 aromatic carbocycles. The third kappa shape index (κ3) is 4.20. The maximum atomic E-state index is 5.82. The summed E-state index contributed by atoms with van der Waals surface area (Å²) in [4.78, 5) is 0. The van der Waals surface area contributed by atoms with Crippen LogP contribution < -0.4 is 10.1 Å². The topological polar surface area (TPSA) is 52.9 Å². The third-order valence-corrected chi connectivity index (χ3v) is 3.09. The van der Waals surface area contributed by atoms with Crippen LogP contribution in [0.1, 0.15) is 19.6 Å². The molecule has 0 saturated carbocycles. The van der Waals surface area contributed by atoms with Crippen LogP contribution in [-0.2, 0) is 16.0 Å². The van der Waals surface area contributed by atoms with Crippen LogP contribution in [0.25, 0.3) is 11.0 Å². The summed E-state index contributed by atoms with van der Waals surface area (Å²) in [5.74, 6) is 1.61. The normalized spacial score (nSPS) is 11.4. The van der Waals surface area contributed by atoms with Crippen molar-refractivity contribution in [2.24, 2.45) is 0 Å². The molecule has 0 aliphatic carbocycles. The van der Waals surface area contributed by atoms with Crippen LogP contribution in [0, 0.1) is 0 Å². The van der Waals surface area contributed by atoms with Crippen molar-refractivity contribution >= 4 is 11.0 Å². The minimum Gasteiger partial charge on any atom is -0.493 e. The summed E-state index contributed by atoms with van der Waals surface area (Å²) in [5, 5.41) is 4.32. The molecule has 21 heavy (non-hydrogen) atoms. The first-order chi connectivity index (χ1) is 10.3. The number of furan rings is 1. The van der Waals surface area contributed by atoms with Gasteiger partial charge in [-0.05, 0) is 26.0 Å². The van der Waals surface area contributed by atoms with Crippen molar-refractivity contribution in [3.63, 3.8) is 0 Å². The van der Waals surface area contributed by atoms with E-state index in [1.807, 2.05) is 38.1 Å². The van der Waals surface area contributed by atoms with Crippen LogP contribution in [0.2, 0.25) is 0 Å². The van der Waals surface area contributed by atoms with Crippen LogP contribution in [0.15, 0.2) is 28.7 Å². The van der Waals surface area contributed by atoms with Gasteiger partial charge in [0.25, 0.3) is 0 Å². The third-order valence-electron chi connectivity index (χ3n) is 3.09. The summed E-state index contributed by atoms with van der Waals surface area (Å²) in [6.45, 7) is 6.42. The van der Waals surface area contributed by atoms with Crippen molar-refractivity contribution in [3.8, 4) is 5.75 Å². The Morgan fingerprint density at radius 3 is 2.62 bits per heavy atom. The van der Waals surface area contributed by atoms with E-state index in [-0.39, 0.29) is 6.29 Å². The monoisotopic (exact) mass is 293 g/mol. The largest absolute Gasteiger partial charge is 0.493 e. The average Bonchev–Trinajstić information content (AvgIpc) is 2.90. The molecule has 1 aromatic heterocycles. The van der Waals surface area contributed by atoms with E-state index in [1.54, 1.807) is 7.11 Å². The second-order valence-corrected chi connectivity index (χ2v) is 4.56. The number of para-hydroxylation sites is 1. The molecule has 0 spiro atoms. The summed E-state index contributed by atoms with van der Waals surface area (Å²) < 4.78 is 22.1. The lowest BCUT2D eigenvalue weighted by molar-refractivity contribution is -0.133. The predicted molar refractivity (Wildman–Crippen MR) is 81.5 cm³/mol. The predicted octanol–water partition coefficient (Wildman–Crippen LogP) is 2.93. The molecule has 2 aromatic rings. The summed E-state index contributed by atoms with van der Waals surface area (Å²) >= 11 is 0. The minimum atomic E-state index is -0.223. The zero-order valence-electron chi connectivity index (χ0n) is 12.8. The fraction of sp³-hybridized carbons (Fsp3) is 0.500. The number of methoxy groups -OCH3 is 1. The fourth-order valence-corrected chi connectivity index (χ4v) is 2.19. The van der Waals surface area contributed by atoms with E-state index in [0.29, 0.717) is 26.3 Å². The quantitative estimate of drug-likeness (QED) is 0.720. The molecule has 0 unspecified atom stereocenters. The molecule has 0 fully saturated rings. The van der Waals surface area contributed by atoms with E-state index < -0.39 is 0 Å². The van der Waals surface area contributed by atoms with Gasteiger partial charge in [-0.15, -0.1) is 0 Å². The SMILES string of the molecule is CCOC(CNCc1cc2cccc(OC)c2o1)OCC. The molecule has 0 bridgehead atoms. The lowest BCUT2D eigenvalue weighted by atomic mass is 10.2. The van der Waals surface area contributed by atoms with Crippen molar-refractivity contribution in [1.29, 1.82) is 0 Å². The van der Waals surface area contributed by atoms with E-state index >= 15 is 0 Å². The highest BCUT2D eigenvalue weighted by Crippen LogP contribution is 2.28. The van der Waals surface area contributed by atoms with Crippen molar-refractivity contribution in [3.05, 3.63) is 30.0 Å². The standard InChI is InChI=1S/C16H23NO4/c1-4-19-15(20-5-2)11-17-10-13-9-12-7-6-8-14(18-3)16(12)21-13/h6-9,15,17H,4-5,10-11H2,1-3H3. The van der Waals surface area contributed by atoms with Gasteiger partial charge in [0.15, 0.2) is 17.6 Å². The summed E-state index contributed by atoms with van der Waals surface area (Å²) in [6, 6.07) is 7.87. The van der Waals surface area contributed by atoms with Gasteiger partial charge >= 0.3 is 0 Å². The van der Waals surface area contributed by atoms with Crippen molar-refractivity contribution in [2.45, 2.75) is 26.7 Å². The lowest BCUT2D eigenvalue weighted by Crippen LogP contribution is -2.31. The summed E-state index contributed by atoms with van der Waals surface area (Å²) in [5.41, 5.74) is 0.781. The molecule has 5 nitrogen and oxygen atoms in total. The number of rotatable bonds is 9. The van der Waals surface area contributed by atoms with Crippen LogP contribution in [-0.4, -0.2) is 33.2 Å². The molecule has 5 heteroatoms. The zero-order chi connectivity index (χ0) is 15.1. The Morgan fingerprint density at radius 1 is 1.19 bits per heavy atom. The number of nitrogens with one attached hydrogen (secondary N) is 1. The second kappa shape index (κ2) is 8.02. The number of hydrogen-bond acceptors (Lipinski definition) is 5. The number of ether oxygens (including phenoxy) is 3. The van der Waals surface area contributed by atoms with Gasteiger partial charge < -0.3 is 23.9 Å². The van der Waals surface area contributed by atoms with Crippen LogP contribution in [0.4, 0.5) is 0 Å². The van der Waals surface area contributed by atoms with E-state index in [1.165, 1.54) is 0 Å².